The van der Waals surface area contributed by atoms with Crippen LogP contribution in [0.15, 0.2) is 23.1 Å². The summed E-state index contributed by atoms with van der Waals surface area (Å²) in [5.74, 6) is 0.0235. The van der Waals surface area contributed by atoms with Crippen LogP contribution in [0.5, 0.6) is 0 Å². The molecule has 1 aromatic rings. The van der Waals surface area contributed by atoms with E-state index in [1.54, 1.807) is 7.11 Å². The molecule has 1 aromatic carbocycles. The van der Waals surface area contributed by atoms with Crippen molar-refractivity contribution in [1.82, 2.24) is 0 Å². The Morgan fingerprint density at radius 1 is 1.47 bits per heavy atom. The second-order valence-electron chi connectivity index (χ2n) is 4.96. The van der Waals surface area contributed by atoms with Gasteiger partial charge in [-0.2, -0.15) is 0 Å². The van der Waals surface area contributed by atoms with Gasteiger partial charge in [0.25, 0.3) is 0 Å². The molecule has 2 rings (SSSR count). The van der Waals surface area contributed by atoms with Crippen LogP contribution in [-0.2, 0) is 14.6 Å². The van der Waals surface area contributed by atoms with Crippen LogP contribution in [0.1, 0.15) is 12.8 Å². The van der Waals surface area contributed by atoms with Crippen molar-refractivity contribution in [2.75, 3.05) is 25.3 Å². The van der Waals surface area contributed by atoms with Gasteiger partial charge in [-0.15, -0.1) is 0 Å². The first-order valence-corrected chi connectivity index (χ1v) is 8.06. The summed E-state index contributed by atoms with van der Waals surface area (Å²) in [5.41, 5.74) is 0.219. The average molecular weight is 287 g/mol. The Hall–Kier alpha value is -1.14. The van der Waals surface area contributed by atoms with Crippen molar-refractivity contribution in [1.29, 1.82) is 0 Å². The highest BCUT2D eigenvalue weighted by molar-refractivity contribution is 7.90. The van der Waals surface area contributed by atoms with Gasteiger partial charge in [-0.3, -0.25) is 0 Å². The largest absolute Gasteiger partial charge is 0.383 e. The first-order valence-electron chi connectivity index (χ1n) is 6.17. The van der Waals surface area contributed by atoms with Crippen LogP contribution < -0.4 is 5.32 Å². The second kappa shape index (κ2) is 5.46. The molecule has 0 aromatic heterocycles. The summed E-state index contributed by atoms with van der Waals surface area (Å²) in [4.78, 5) is 0.114. The third-order valence-corrected chi connectivity index (χ3v) is 4.35. The lowest BCUT2D eigenvalue weighted by Gasteiger charge is -2.19. The minimum atomic E-state index is -3.33. The maximum absolute atomic E-state index is 13.7. The number of methoxy groups -OCH3 is 1. The first kappa shape index (κ1) is 14.3. The zero-order valence-electron chi connectivity index (χ0n) is 11.0. The van der Waals surface area contributed by atoms with Crippen molar-refractivity contribution < 1.29 is 17.5 Å². The summed E-state index contributed by atoms with van der Waals surface area (Å²) in [5, 5.41) is 3.06. The predicted octanol–water partition coefficient (Wildman–Crippen LogP) is 2.07. The van der Waals surface area contributed by atoms with Gasteiger partial charge >= 0.3 is 0 Å². The maximum Gasteiger partial charge on any atom is 0.175 e. The van der Waals surface area contributed by atoms with Crippen LogP contribution in [0.4, 0.5) is 10.1 Å². The van der Waals surface area contributed by atoms with Crippen molar-refractivity contribution in [2.24, 2.45) is 5.92 Å². The summed E-state index contributed by atoms with van der Waals surface area (Å²) in [7, 11) is -1.74. The Kier molecular flexibility index (Phi) is 4.10. The Bertz CT molecular complexity index is 555. The molecular weight excluding hydrogens is 269 g/mol. The molecule has 0 saturated heterocycles. The quantitative estimate of drug-likeness (QED) is 0.814. The van der Waals surface area contributed by atoms with Crippen LogP contribution in [0.3, 0.4) is 0 Å². The van der Waals surface area contributed by atoms with Gasteiger partial charge in [-0.25, -0.2) is 12.8 Å². The van der Waals surface area contributed by atoms with Gasteiger partial charge in [0, 0.05) is 13.4 Å². The van der Waals surface area contributed by atoms with Crippen LogP contribution in [0.25, 0.3) is 0 Å². The highest BCUT2D eigenvalue weighted by atomic mass is 32.2. The lowest BCUT2D eigenvalue weighted by atomic mass is 10.2. The third-order valence-electron chi connectivity index (χ3n) is 3.24. The summed E-state index contributed by atoms with van der Waals surface area (Å²) in [6.07, 6.45) is 3.29. The normalized spacial score (nSPS) is 17.2. The number of hydrogen-bond donors (Lipinski definition) is 1. The molecule has 0 aliphatic heterocycles. The molecule has 0 spiro atoms. The Balaban J connectivity index is 2.23. The molecule has 0 heterocycles. The van der Waals surface area contributed by atoms with Gasteiger partial charge in [-0.05, 0) is 37.0 Å². The highest BCUT2D eigenvalue weighted by Crippen LogP contribution is 2.35. The van der Waals surface area contributed by atoms with E-state index in [1.807, 2.05) is 0 Å². The van der Waals surface area contributed by atoms with Gasteiger partial charge < -0.3 is 10.1 Å². The summed E-state index contributed by atoms with van der Waals surface area (Å²) >= 11 is 0. The molecule has 1 unspecified atom stereocenters. The fourth-order valence-electron chi connectivity index (χ4n) is 2.02. The highest BCUT2D eigenvalue weighted by Gasteiger charge is 2.31. The number of ether oxygens (including phenoxy) is 1. The zero-order chi connectivity index (χ0) is 14.0. The minimum absolute atomic E-state index is 0.0225. The van der Waals surface area contributed by atoms with E-state index >= 15 is 0 Å². The van der Waals surface area contributed by atoms with Gasteiger partial charge in [0.2, 0.25) is 0 Å². The Morgan fingerprint density at radius 2 is 2.16 bits per heavy atom. The molecule has 4 nitrogen and oxygen atoms in total. The fraction of sp³-hybridized carbons (Fsp3) is 0.538. The smallest absolute Gasteiger partial charge is 0.175 e. The second-order valence-corrected chi connectivity index (χ2v) is 6.97. The Labute approximate surface area is 112 Å². The van der Waals surface area contributed by atoms with E-state index in [9.17, 15) is 12.8 Å². The van der Waals surface area contributed by atoms with Crippen LogP contribution >= 0.6 is 0 Å². The molecule has 0 radical (unpaired) electrons. The van der Waals surface area contributed by atoms with Crippen LogP contribution in [0, 0.1) is 11.7 Å². The number of rotatable bonds is 6. The molecule has 1 atom stereocenters. The SMILES string of the molecule is COCC(Nc1cc(S(C)(=O)=O)ccc1F)C1CC1. The zero-order valence-corrected chi connectivity index (χ0v) is 11.8. The predicted molar refractivity (Wildman–Crippen MR) is 71.5 cm³/mol. The molecule has 106 valence electrons. The topological polar surface area (TPSA) is 55.4 Å². The van der Waals surface area contributed by atoms with Crippen molar-refractivity contribution in [3.8, 4) is 0 Å². The number of nitrogens with one attached hydrogen (secondary N) is 1. The summed E-state index contributed by atoms with van der Waals surface area (Å²) in [6, 6.07) is 3.82. The summed E-state index contributed by atoms with van der Waals surface area (Å²) < 4.78 is 41.8. The summed E-state index contributed by atoms with van der Waals surface area (Å²) in [6.45, 7) is 0.479. The van der Waals surface area contributed by atoms with Gasteiger partial charge in [0.15, 0.2) is 9.84 Å². The molecule has 1 N–H and O–H groups in total. The third kappa shape index (κ3) is 3.67. The molecule has 1 aliphatic rings. The van der Waals surface area contributed by atoms with E-state index in [4.69, 9.17) is 4.74 Å². The average Bonchev–Trinajstić information content (AvgIpc) is 3.13. The number of hydrogen-bond acceptors (Lipinski definition) is 4. The molecule has 6 heteroatoms. The number of sulfone groups is 1. The van der Waals surface area contributed by atoms with Crippen LogP contribution in [-0.4, -0.2) is 34.4 Å². The van der Waals surface area contributed by atoms with E-state index < -0.39 is 15.7 Å². The van der Waals surface area contributed by atoms with Gasteiger partial charge in [-0.1, -0.05) is 0 Å². The monoisotopic (exact) mass is 287 g/mol. The molecular formula is C13H18FNO3S. The van der Waals surface area contributed by atoms with Crippen LogP contribution in [0.2, 0.25) is 0 Å². The number of anilines is 1. The molecule has 1 fully saturated rings. The van der Waals surface area contributed by atoms with Gasteiger partial charge in [0.1, 0.15) is 5.82 Å². The van der Waals surface area contributed by atoms with Crippen molar-refractivity contribution in [2.45, 2.75) is 23.8 Å². The molecule has 1 saturated carbocycles. The molecule has 1 aliphatic carbocycles. The molecule has 0 amide bonds. The Morgan fingerprint density at radius 3 is 2.68 bits per heavy atom. The first-order chi connectivity index (χ1) is 8.91. The van der Waals surface area contributed by atoms with Crippen molar-refractivity contribution in [3.05, 3.63) is 24.0 Å². The standard InChI is InChI=1S/C13H18FNO3S/c1-18-8-13(9-3-4-9)15-12-7-10(19(2,16)17)5-6-11(12)14/h5-7,9,13,15H,3-4,8H2,1-2H3. The number of benzene rings is 1. The molecule has 0 bridgehead atoms. The minimum Gasteiger partial charge on any atom is -0.383 e. The number of halogens is 1. The molecule has 19 heavy (non-hydrogen) atoms. The van der Waals surface area contributed by atoms with E-state index in [2.05, 4.69) is 5.32 Å². The van der Waals surface area contributed by atoms with E-state index in [-0.39, 0.29) is 16.6 Å². The van der Waals surface area contributed by atoms with Gasteiger partial charge in [0.05, 0.1) is 23.2 Å². The lowest BCUT2D eigenvalue weighted by Crippen LogP contribution is -2.27. The lowest BCUT2D eigenvalue weighted by molar-refractivity contribution is 0.179. The van der Waals surface area contributed by atoms with Crippen molar-refractivity contribution >= 4 is 15.5 Å². The van der Waals surface area contributed by atoms with E-state index in [0.717, 1.165) is 19.1 Å². The van der Waals surface area contributed by atoms with E-state index in [1.165, 1.54) is 18.2 Å². The maximum atomic E-state index is 13.7. The fourth-order valence-corrected chi connectivity index (χ4v) is 2.67. The van der Waals surface area contributed by atoms with E-state index in [0.29, 0.717) is 12.5 Å². The van der Waals surface area contributed by atoms with Crippen molar-refractivity contribution in [3.63, 3.8) is 0 Å².